The number of nitrogens with zero attached hydrogens (tertiary/aromatic N) is 1. The van der Waals surface area contributed by atoms with E-state index in [-0.39, 0.29) is 11.9 Å². The zero-order valence-electron chi connectivity index (χ0n) is 7.52. The van der Waals surface area contributed by atoms with Crippen LogP contribution in [0.15, 0.2) is 12.7 Å². The number of aliphatic hydroxyl groups excluding tert-OH is 1. The molecule has 0 atom stereocenters. The van der Waals surface area contributed by atoms with Gasteiger partial charge in [0.05, 0.1) is 11.9 Å². The third-order valence-electron chi connectivity index (χ3n) is 2.15. The maximum Gasteiger partial charge on any atom is 0.217 e. The molecule has 0 spiro atoms. The Morgan fingerprint density at radius 2 is 2.00 bits per heavy atom. The van der Waals surface area contributed by atoms with E-state index in [9.17, 15) is 13.5 Å². The van der Waals surface area contributed by atoms with Gasteiger partial charge in [-0.3, -0.25) is 0 Å². The average molecular weight is 205 g/mol. The molecular weight excluding hydrogens is 190 g/mol. The van der Waals surface area contributed by atoms with Gasteiger partial charge in [-0.2, -0.15) is 0 Å². The van der Waals surface area contributed by atoms with E-state index in [0.29, 0.717) is 25.9 Å². The Hall–Kier alpha value is -0.390. The van der Waals surface area contributed by atoms with Crippen molar-refractivity contribution in [2.75, 3.05) is 18.8 Å². The molecule has 1 aliphatic rings. The summed E-state index contributed by atoms with van der Waals surface area (Å²) in [5.74, 6) is -0.0108. The molecule has 1 aliphatic heterocycles. The number of hydrogen-bond donors (Lipinski definition) is 1. The molecular formula is C8H15NO3S. The normalized spacial score (nSPS) is 21.6. The van der Waals surface area contributed by atoms with Crippen molar-refractivity contribution in [3.05, 3.63) is 12.7 Å². The molecule has 0 aromatic carbocycles. The summed E-state index contributed by atoms with van der Waals surface area (Å²) >= 11 is 0. The van der Waals surface area contributed by atoms with Gasteiger partial charge in [-0.1, -0.05) is 6.08 Å². The number of rotatable bonds is 3. The molecule has 1 heterocycles. The molecule has 0 aliphatic carbocycles. The molecule has 0 aromatic rings. The lowest BCUT2D eigenvalue weighted by Crippen LogP contribution is -2.40. The molecule has 4 nitrogen and oxygen atoms in total. The Balaban J connectivity index is 2.58. The molecule has 76 valence electrons. The van der Waals surface area contributed by atoms with Gasteiger partial charge >= 0.3 is 0 Å². The van der Waals surface area contributed by atoms with Crippen LogP contribution in [0.3, 0.4) is 0 Å². The fraction of sp³-hybridized carbons (Fsp3) is 0.750. The van der Waals surface area contributed by atoms with E-state index in [1.54, 1.807) is 0 Å². The summed E-state index contributed by atoms with van der Waals surface area (Å²) in [7, 11) is -3.15. The van der Waals surface area contributed by atoms with Gasteiger partial charge < -0.3 is 5.11 Å². The minimum absolute atomic E-state index is 0.0108. The Kier molecular flexibility index (Phi) is 3.47. The highest BCUT2D eigenvalue weighted by Gasteiger charge is 2.25. The summed E-state index contributed by atoms with van der Waals surface area (Å²) in [5.41, 5.74) is 0. The first-order valence-corrected chi connectivity index (χ1v) is 5.94. The fourth-order valence-corrected chi connectivity index (χ4v) is 2.65. The molecule has 0 saturated carbocycles. The minimum atomic E-state index is -3.15. The van der Waals surface area contributed by atoms with Gasteiger partial charge in [0.15, 0.2) is 0 Å². The van der Waals surface area contributed by atoms with Gasteiger partial charge in [0.25, 0.3) is 0 Å². The van der Waals surface area contributed by atoms with Crippen LogP contribution in [0.25, 0.3) is 0 Å². The van der Waals surface area contributed by atoms with Crippen LogP contribution in [0.2, 0.25) is 0 Å². The van der Waals surface area contributed by atoms with Crippen molar-refractivity contribution in [2.24, 2.45) is 0 Å². The Morgan fingerprint density at radius 3 is 2.46 bits per heavy atom. The van der Waals surface area contributed by atoms with Crippen LogP contribution >= 0.6 is 0 Å². The fourth-order valence-electron chi connectivity index (χ4n) is 1.37. The number of sulfonamides is 1. The van der Waals surface area contributed by atoms with Crippen LogP contribution in [0.5, 0.6) is 0 Å². The van der Waals surface area contributed by atoms with Crippen molar-refractivity contribution in [2.45, 2.75) is 18.9 Å². The molecule has 0 aromatic heterocycles. The van der Waals surface area contributed by atoms with Gasteiger partial charge in [0.2, 0.25) is 10.0 Å². The van der Waals surface area contributed by atoms with E-state index in [2.05, 4.69) is 6.58 Å². The van der Waals surface area contributed by atoms with Crippen LogP contribution in [0.4, 0.5) is 0 Å². The third kappa shape index (κ3) is 2.79. The molecule has 1 rings (SSSR count). The molecule has 1 fully saturated rings. The zero-order chi connectivity index (χ0) is 9.90. The molecule has 5 heteroatoms. The summed E-state index contributed by atoms with van der Waals surface area (Å²) < 4.78 is 24.3. The Morgan fingerprint density at radius 1 is 1.46 bits per heavy atom. The zero-order valence-corrected chi connectivity index (χ0v) is 8.33. The second-order valence-electron chi connectivity index (χ2n) is 3.20. The topological polar surface area (TPSA) is 57.6 Å². The SMILES string of the molecule is C=CCS(=O)(=O)N1CCC(O)CC1. The van der Waals surface area contributed by atoms with Crippen molar-refractivity contribution in [1.82, 2.24) is 4.31 Å². The van der Waals surface area contributed by atoms with E-state index in [1.807, 2.05) is 0 Å². The largest absolute Gasteiger partial charge is 0.393 e. The second-order valence-corrected chi connectivity index (χ2v) is 5.21. The lowest BCUT2D eigenvalue weighted by Gasteiger charge is -2.28. The monoisotopic (exact) mass is 205 g/mol. The molecule has 1 N–H and O–H groups in total. The van der Waals surface area contributed by atoms with E-state index in [0.717, 1.165) is 0 Å². The first kappa shape index (κ1) is 10.7. The molecule has 1 saturated heterocycles. The van der Waals surface area contributed by atoms with E-state index >= 15 is 0 Å². The van der Waals surface area contributed by atoms with Crippen molar-refractivity contribution >= 4 is 10.0 Å². The average Bonchev–Trinajstić information content (AvgIpc) is 2.05. The summed E-state index contributed by atoms with van der Waals surface area (Å²) in [4.78, 5) is 0. The van der Waals surface area contributed by atoms with Crippen LogP contribution in [-0.2, 0) is 10.0 Å². The van der Waals surface area contributed by atoms with E-state index in [1.165, 1.54) is 10.4 Å². The molecule has 0 unspecified atom stereocenters. The van der Waals surface area contributed by atoms with Gasteiger partial charge in [-0.15, -0.1) is 6.58 Å². The smallest absolute Gasteiger partial charge is 0.217 e. The van der Waals surface area contributed by atoms with Crippen LogP contribution in [0.1, 0.15) is 12.8 Å². The molecule has 0 amide bonds. The van der Waals surface area contributed by atoms with Crippen LogP contribution in [0, 0.1) is 0 Å². The summed E-state index contributed by atoms with van der Waals surface area (Å²) in [6.45, 7) is 4.26. The van der Waals surface area contributed by atoms with Gasteiger partial charge in [-0.25, -0.2) is 12.7 Å². The van der Waals surface area contributed by atoms with Crippen molar-refractivity contribution in [1.29, 1.82) is 0 Å². The quantitative estimate of drug-likeness (QED) is 0.658. The molecule has 13 heavy (non-hydrogen) atoms. The number of aliphatic hydroxyl groups is 1. The molecule has 0 radical (unpaired) electrons. The van der Waals surface area contributed by atoms with Crippen LogP contribution in [-0.4, -0.2) is 42.8 Å². The van der Waals surface area contributed by atoms with Crippen molar-refractivity contribution in [3.63, 3.8) is 0 Å². The van der Waals surface area contributed by atoms with Gasteiger partial charge in [0.1, 0.15) is 0 Å². The van der Waals surface area contributed by atoms with Gasteiger partial charge in [0, 0.05) is 13.1 Å². The standard InChI is InChI=1S/C8H15NO3S/c1-2-7-13(11,12)9-5-3-8(10)4-6-9/h2,8,10H,1,3-7H2. The Bertz CT molecular complexity index is 265. The minimum Gasteiger partial charge on any atom is -0.393 e. The van der Waals surface area contributed by atoms with E-state index < -0.39 is 10.0 Å². The first-order valence-electron chi connectivity index (χ1n) is 4.33. The first-order chi connectivity index (χ1) is 6.06. The van der Waals surface area contributed by atoms with Crippen molar-refractivity contribution < 1.29 is 13.5 Å². The van der Waals surface area contributed by atoms with Crippen molar-refractivity contribution in [3.8, 4) is 0 Å². The highest BCUT2D eigenvalue weighted by Crippen LogP contribution is 2.13. The molecule has 0 bridgehead atoms. The summed E-state index contributed by atoms with van der Waals surface area (Å²) in [6.07, 6.45) is 2.13. The number of hydrogen-bond acceptors (Lipinski definition) is 3. The lowest BCUT2D eigenvalue weighted by molar-refractivity contribution is 0.113. The Labute approximate surface area is 78.9 Å². The highest BCUT2D eigenvalue weighted by atomic mass is 32.2. The van der Waals surface area contributed by atoms with E-state index in [4.69, 9.17) is 0 Å². The summed E-state index contributed by atoms with van der Waals surface area (Å²) in [6, 6.07) is 0. The summed E-state index contributed by atoms with van der Waals surface area (Å²) in [5, 5.41) is 9.18. The lowest BCUT2D eigenvalue weighted by atomic mass is 10.1. The predicted molar refractivity (Wildman–Crippen MR) is 50.8 cm³/mol. The highest BCUT2D eigenvalue weighted by molar-refractivity contribution is 7.89. The van der Waals surface area contributed by atoms with Crippen LogP contribution < -0.4 is 0 Å². The number of piperidine rings is 1. The maximum absolute atomic E-state index is 11.5. The third-order valence-corrected chi connectivity index (χ3v) is 3.95. The van der Waals surface area contributed by atoms with Gasteiger partial charge in [-0.05, 0) is 12.8 Å². The predicted octanol–water partition coefficient (Wildman–Crippen LogP) is -0.0411. The second kappa shape index (κ2) is 4.21. The maximum atomic E-state index is 11.5.